The zero-order chi connectivity index (χ0) is 13.0. The molecule has 0 bridgehead atoms. The van der Waals surface area contributed by atoms with Gasteiger partial charge in [0.05, 0.1) is 13.7 Å². The third-order valence-corrected chi connectivity index (χ3v) is 2.33. The van der Waals surface area contributed by atoms with Gasteiger partial charge in [0.15, 0.2) is 18.1 Å². The molecular weight excluding hydrogens is 236 g/mol. The number of hydrogen-bond acceptors (Lipinski definition) is 6. The van der Waals surface area contributed by atoms with Gasteiger partial charge < -0.3 is 19.0 Å². The van der Waals surface area contributed by atoms with Crippen LogP contribution in [-0.2, 0) is 13.2 Å². The summed E-state index contributed by atoms with van der Waals surface area (Å²) in [5, 5.41) is 16.6. The van der Waals surface area contributed by atoms with Crippen molar-refractivity contribution in [2.45, 2.75) is 20.1 Å². The molecule has 0 atom stereocenters. The molecule has 0 saturated heterocycles. The molecule has 1 heterocycles. The second-order valence-corrected chi connectivity index (χ2v) is 3.65. The lowest BCUT2D eigenvalue weighted by Gasteiger charge is -2.10. The molecule has 1 aromatic heterocycles. The molecule has 0 spiro atoms. The van der Waals surface area contributed by atoms with Crippen molar-refractivity contribution in [1.82, 2.24) is 10.2 Å². The van der Waals surface area contributed by atoms with Crippen LogP contribution < -0.4 is 9.47 Å². The van der Waals surface area contributed by atoms with E-state index in [0.29, 0.717) is 23.3 Å². The summed E-state index contributed by atoms with van der Waals surface area (Å²) in [6.45, 7) is 1.85. The van der Waals surface area contributed by atoms with Crippen LogP contribution in [0, 0.1) is 6.92 Å². The molecular formula is C12H14N2O4. The Balaban J connectivity index is 2.08. The number of aliphatic hydroxyl groups is 1. The molecule has 0 aliphatic rings. The van der Waals surface area contributed by atoms with Crippen LogP contribution >= 0.6 is 0 Å². The molecule has 0 amide bonds. The summed E-state index contributed by atoms with van der Waals surface area (Å²) >= 11 is 0. The summed E-state index contributed by atoms with van der Waals surface area (Å²) in [7, 11) is 1.54. The fourth-order valence-electron chi connectivity index (χ4n) is 1.46. The number of nitrogens with zero attached hydrogens (tertiary/aromatic N) is 2. The number of aromatic nitrogens is 2. The van der Waals surface area contributed by atoms with E-state index in [-0.39, 0.29) is 13.2 Å². The minimum absolute atomic E-state index is 0.0422. The highest BCUT2D eigenvalue weighted by atomic mass is 16.5. The molecule has 0 saturated carbocycles. The van der Waals surface area contributed by atoms with Crippen molar-refractivity contribution in [1.29, 1.82) is 0 Å². The van der Waals surface area contributed by atoms with E-state index in [4.69, 9.17) is 19.0 Å². The summed E-state index contributed by atoms with van der Waals surface area (Å²) in [4.78, 5) is 0. The summed E-state index contributed by atoms with van der Waals surface area (Å²) in [5.74, 6) is 2.01. The predicted octanol–water partition coefficient (Wildman–Crippen LogP) is 1.46. The lowest BCUT2D eigenvalue weighted by atomic mass is 10.2. The van der Waals surface area contributed by atoms with Crippen LogP contribution in [0.5, 0.6) is 11.5 Å². The quantitative estimate of drug-likeness (QED) is 0.865. The Morgan fingerprint density at radius 2 is 2.11 bits per heavy atom. The summed E-state index contributed by atoms with van der Waals surface area (Å²) in [5.41, 5.74) is 0.757. The van der Waals surface area contributed by atoms with Crippen LogP contribution in [0.25, 0.3) is 0 Å². The van der Waals surface area contributed by atoms with Crippen molar-refractivity contribution in [3.05, 3.63) is 35.5 Å². The second kappa shape index (κ2) is 5.50. The van der Waals surface area contributed by atoms with Gasteiger partial charge >= 0.3 is 0 Å². The van der Waals surface area contributed by atoms with Gasteiger partial charge in [0.1, 0.15) is 0 Å². The number of aliphatic hydroxyl groups excluding tert-OH is 1. The normalized spacial score (nSPS) is 10.4. The summed E-state index contributed by atoms with van der Waals surface area (Å²) in [6, 6.07) is 5.21. The van der Waals surface area contributed by atoms with Crippen LogP contribution in [0.3, 0.4) is 0 Å². The Bertz CT molecular complexity index is 525. The molecule has 0 fully saturated rings. The molecule has 1 N–H and O–H groups in total. The first-order valence-corrected chi connectivity index (χ1v) is 5.42. The molecule has 0 radical (unpaired) electrons. The largest absolute Gasteiger partial charge is 0.493 e. The summed E-state index contributed by atoms with van der Waals surface area (Å²) < 4.78 is 15.9. The molecule has 18 heavy (non-hydrogen) atoms. The van der Waals surface area contributed by atoms with Crippen LogP contribution in [0.2, 0.25) is 0 Å². The first-order valence-electron chi connectivity index (χ1n) is 5.42. The fourth-order valence-corrected chi connectivity index (χ4v) is 1.46. The van der Waals surface area contributed by atoms with Crippen molar-refractivity contribution in [2.75, 3.05) is 7.11 Å². The van der Waals surface area contributed by atoms with E-state index in [2.05, 4.69) is 10.2 Å². The van der Waals surface area contributed by atoms with Gasteiger partial charge in [-0.05, 0) is 17.7 Å². The Kier molecular flexibility index (Phi) is 3.78. The number of aryl methyl sites for hydroxylation is 1. The van der Waals surface area contributed by atoms with Gasteiger partial charge in [-0.3, -0.25) is 0 Å². The number of methoxy groups -OCH3 is 1. The van der Waals surface area contributed by atoms with Crippen molar-refractivity contribution in [3.8, 4) is 11.5 Å². The Morgan fingerprint density at radius 3 is 2.72 bits per heavy atom. The minimum atomic E-state index is -0.0422. The van der Waals surface area contributed by atoms with Crippen LogP contribution in [0.15, 0.2) is 22.6 Å². The van der Waals surface area contributed by atoms with Gasteiger partial charge in [-0.2, -0.15) is 0 Å². The first kappa shape index (κ1) is 12.4. The molecule has 0 aliphatic heterocycles. The Hall–Kier alpha value is -2.08. The maximum absolute atomic E-state index is 9.03. The number of ether oxygens (including phenoxy) is 2. The van der Waals surface area contributed by atoms with E-state index in [1.54, 1.807) is 32.2 Å². The Labute approximate surface area is 104 Å². The highest BCUT2D eigenvalue weighted by Gasteiger charge is 2.08. The number of hydrogen-bond donors (Lipinski definition) is 1. The monoisotopic (exact) mass is 250 g/mol. The van der Waals surface area contributed by atoms with Gasteiger partial charge in [-0.15, -0.1) is 10.2 Å². The fraction of sp³-hybridized carbons (Fsp3) is 0.333. The lowest BCUT2D eigenvalue weighted by molar-refractivity contribution is 0.246. The topological polar surface area (TPSA) is 77.6 Å². The SMILES string of the molecule is COc1cc(CO)ccc1OCc1nnc(C)o1. The van der Waals surface area contributed by atoms with E-state index in [1.807, 2.05) is 0 Å². The lowest BCUT2D eigenvalue weighted by Crippen LogP contribution is -1.99. The van der Waals surface area contributed by atoms with Gasteiger partial charge in [0.2, 0.25) is 5.89 Å². The van der Waals surface area contributed by atoms with E-state index in [0.717, 1.165) is 5.56 Å². The van der Waals surface area contributed by atoms with Gasteiger partial charge in [-0.25, -0.2) is 0 Å². The number of benzene rings is 1. The Morgan fingerprint density at radius 1 is 1.28 bits per heavy atom. The van der Waals surface area contributed by atoms with E-state index in [9.17, 15) is 0 Å². The molecule has 2 rings (SSSR count). The average molecular weight is 250 g/mol. The van der Waals surface area contributed by atoms with Crippen molar-refractivity contribution in [2.24, 2.45) is 0 Å². The van der Waals surface area contributed by atoms with E-state index in [1.165, 1.54) is 0 Å². The molecule has 0 aliphatic carbocycles. The summed E-state index contributed by atoms with van der Waals surface area (Å²) in [6.07, 6.45) is 0. The maximum Gasteiger partial charge on any atom is 0.253 e. The highest BCUT2D eigenvalue weighted by Crippen LogP contribution is 2.28. The first-order chi connectivity index (χ1) is 8.72. The third-order valence-electron chi connectivity index (χ3n) is 2.33. The smallest absolute Gasteiger partial charge is 0.253 e. The van der Waals surface area contributed by atoms with Gasteiger partial charge in [0, 0.05) is 6.92 Å². The molecule has 6 heteroatoms. The maximum atomic E-state index is 9.03. The molecule has 1 aromatic carbocycles. The van der Waals surface area contributed by atoms with Crippen molar-refractivity contribution in [3.63, 3.8) is 0 Å². The molecule has 96 valence electrons. The zero-order valence-corrected chi connectivity index (χ0v) is 10.2. The van der Waals surface area contributed by atoms with Crippen molar-refractivity contribution >= 4 is 0 Å². The molecule has 0 unspecified atom stereocenters. The minimum Gasteiger partial charge on any atom is -0.493 e. The zero-order valence-electron chi connectivity index (χ0n) is 10.2. The predicted molar refractivity (Wildman–Crippen MR) is 62.3 cm³/mol. The van der Waals surface area contributed by atoms with E-state index < -0.39 is 0 Å². The standard InChI is InChI=1S/C12H14N2O4/c1-8-13-14-12(18-8)7-17-10-4-3-9(6-15)5-11(10)16-2/h3-5,15H,6-7H2,1-2H3. The third kappa shape index (κ3) is 2.78. The average Bonchev–Trinajstić information content (AvgIpc) is 2.82. The van der Waals surface area contributed by atoms with Gasteiger partial charge in [-0.1, -0.05) is 6.07 Å². The highest BCUT2D eigenvalue weighted by molar-refractivity contribution is 5.42. The second-order valence-electron chi connectivity index (χ2n) is 3.65. The van der Waals surface area contributed by atoms with E-state index >= 15 is 0 Å². The van der Waals surface area contributed by atoms with Crippen molar-refractivity contribution < 1.29 is 19.0 Å². The van der Waals surface area contributed by atoms with Crippen LogP contribution in [0.1, 0.15) is 17.3 Å². The molecule has 6 nitrogen and oxygen atoms in total. The molecule has 2 aromatic rings. The van der Waals surface area contributed by atoms with Crippen LogP contribution in [0.4, 0.5) is 0 Å². The number of rotatable bonds is 5. The van der Waals surface area contributed by atoms with Crippen LogP contribution in [-0.4, -0.2) is 22.4 Å². The van der Waals surface area contributed by atoms with Gasteiger partial charge in [0.25, 0.3) is 5.89 Å².